The summed E-state index contributed by atoms with van der Waals surface area (Å²) in [5.41, 5.74) is 2.57. The number of benzene rings is 2. The Kier molecular flexibility index (Phi) is 9.17. The van der Waals surface area contributed by atoms with E-state index in [0.717, 1.165) is 17.6 Å². The fourth-order valence-electron chi connectivity index (χ4n) is 2.58. The zero-order valence-electron chi connectivity index (χ0n) is 15.2. The molecule has 2 rings (SSSR count). The molecule has 0 aliphatic rings. The Morgan fingerprint density at radius 1 is 1.04 bits per heavy atom. The van der Waals surface area contributed by atoms with E-state index in [9.17, 15) is 9.59 Å². The smallest absolute Gasteiger partial charge is 0.193 e. The number of hydrogen-bond acceptors (Lipinski definition) is 3. The Labute approximate surface area is 165 Å². The van der Waals surface area contributed by atoms with Gasteiger partial charge in [-0.05, 0) is 0 Å². The summed E-state index contributed by atoms with van der Waals surface area (Å²) in [5, 5.41) is 0. The fourth-order valence-corrected chi connectivity index (χ4v) is 2.58. The standard InChI is InChI=1S/C21H24NO3.BrH/c1-22(2,13-16-25-15-6-14-23)17-18-9-11-20(12-10-18)21(24)19-7-4-3-5-8-19;/h3-12H,13,15-17H2,1-2H3;1H/q+1;/p-1. The van der Waals surface area contributed by atoms with Gasteiger partial charge in [-0.1, -0.05) is 54.6 Å². The lowest BCUT2D eigenvalue weighted by molar-refractivity contribution is -0.904. The van der Waals surface area contributed by atoms with Crippen molar-refractivity contribution in [2.75, 3.05) is 33.9 Å². The highest BCUT2D eigenvalue weighted by molar-refractivity contribution is 6.08. The molecule has 0 aromatic heterocycles. The second-order valence-electron chi connectivity index (χ2n) is 6.61. The van der Waals surface area contributed by atoms with Gasteiger partial charge in [0.1, 0.15) is 19.0 Å². The molecule has 4 nitrogen and oxygen atoms in total. The molecule has 2 aromatic rings. The highest BCUT2D eigenvalue weighted by atomic mass is 79.9. The van der Waals surface area contributed by atoms with Crippen LogP contribution in [0.25, 0.3) is 0 Å². The molecule has 0 unspecified atom stereocenters. The largest absolute Gasteiger partial charge is 1.00 e. The summed E-state index contributed by atoms with van der Waals surface area (Å²) in [4.78, 5) is 22.5. The van der Waals surface area contributed by atoms with Gasteiger partial charge in [-0.15, -0.1) is 0 Å². The number of ketones is 1. The zero-order chi connectivity index (χ0) is 18.1. The SMILES string of the molecule is C[N+](C)(CCOCC=C=O)Cc1ccc(C(=O)c2ccccc2)cc1.[Br-]. The number of halogens is 1. The number of hydrogen-bond donors (Lipinski definition) is 0. The summed E-state index contributed by atoms with van der Waals surface area (Å²) >= 11 is 0. The molecule has 0 heterocycles. The summed E-state index contributed by atoms with van der Waals surface area (Å²) in [7, 11) is 4.25. The minimum Gasteiger partial charge on any atom is -1.00 e. The first kappa shape index (κ1) is 22.0. The van der Waals surface area contributed by atoms with Crippen LogP contribution in [0.15, 0.2) is 60.7 Å². The maximum atomic E-state index is 12.4. The predicted octanol–water partition coefficient (Wildman–Crippen LogP) is -0.0976. The summed E-state index contributed by atoms with van der Waals surface area (Å²) in [6, 6.07) is 17.1. The van der Waals surface area contributed by atoms with Crippen molar-refractivity contribution in [3.05, 3.63) is 77.4 Å². The average molecular weight is 418 g/mol. The number of carbonyl (C=O) groups is 1. The second kappa shape index (κ2) is 10.8. The van der Waals surface area contributed by atoms with Gasteiger partial charge in [0.2, 0.25) is 0 Å². The van der Waals surface area contributed by atoms with E-state index < -0.39 is 0 Å². The first-order valence-electron chi connectivity index (χ1n) is 8.30. The van der Waals surface area contributed by atoms with Crippen molar-refractivity contribution in [3.63, 3.8) is 0 Å². The number of nitrogens with zero attached hydrogens (tertiary/aromatic N) is 1. The van der Waals surface area contributed by atoms with Crippen LogP contribution in [0, 0.1) is 0 Å². The topological polar surface area (TPSA) is 43.4 Å². The van der Waals surface area contributed by atoms with Crippen molar-refractivity contribution in [2.45, 2.75) is 6.54 Å². The number of rotatable bonds is 9. The molecule has 2 aromatic carbocycles. The molecule has 26 heavy (non-hydrogen) atoms. The van der Waals surface area contributed by atoms with Gasteiger partial charge in [-0.2, -0.15) is 0 Å². The second-order valence-corrected chi connectivity index (χ2v) is 6.61. The van der Waals surface area contributed by atoms with Gasteiger partial charge in [0.05, 0.1) is 27.3 Å². The van der Waals surface area contributed by atoms with Crippen LogP contribution in [0.1, 0.15) is 21.5 Å². The number of quaternary nitrogens is 1. The molecule has 0 amide bonds. The molecule has 0 N–H and O–H groups in total. The van der Waals surface area contributed by atoms with E-state index in [4.69, 9.17) is 4.74 Å². The van der Waals surface area contributed by atoms with E-state index in [1.807, 2.05) is 54.6 Å². The minimum atomic E-state index is 0. The average Bonchev–Trinajstić information content (AvgIpc) is 2.62. The Morgan fingerprint density at radius 2 is 1.65 bits per heavy atom. The Balaban J connectivity index is 0.00000338. The van der Waals surface area contributed by atoms with Crippen molar-refractivity contribution in [2.24, 2.45) is 0 Å². The third-order valence-electron chi connectivity index (χ3n) is 3.99. The van der Waals surface area contributed by atoms with Crippen molar-refractivity contribution in [3.8, 4) is 0 Å². The molecule has 138 valence electrons. The van der Waals surface area contributed by atoms with Crippen LogP contribution in [0.3, 0.4) is 0 Å². The van der Waals surface area contributed by atoms with Crippen molar-refractivity contribution < 1.29 is 35.8 Å². The van der Waals surface area contributed by atoms with E-state index in [1.54, 1.807) is 5.94 Å². The molecule has 0 aliphatic heterocycles. The van der Waals surface area contributed by atoms with Crippen LogP contribution in [0.5, 0.6) is 0 Å². The molecule has 0 bridgehead atoms. The van der Waals surface area contributed by atoms with Gasteiger partial charge in [-0.3, -0.25) is 4.79 Å². The first-order chi connectivity index (χ1) is 12.0. The van der Waals surface area contributed by atoms with E-state index in [2.05, 4.69) is 14.1 Å². The maximum absolute atomic E-state index is 12.4. The normalized spacial score (nSPS) is 10.5. The monoisotopic (exact) mass is 417 g/mol. The third kappa shape index (κ3) is 7.06. The van der Waals surface area contributed by atoms with Crippen LogP contribution in [-0.4, -0.2) is 50.1 Å². The Bertz CT molecular complexity index is 736. The lowest BCUT2D eigenvalue weighted by Crippen LogP contribution is -3.00. The van der Waals surface area contributed by atoms with Crippen LogP contribution in [0.4, 0.5) is 0 Å². The van der Waals surface area contributed by atoms with E-state index in [0.29, 0.717) is 24.3 Å². The third-order valence-corrected chi connectivity index (χ3v) is 3.99. The van der Waals surface area contributed by atoms with Crippen LogP contribution >= 0.6 is 0 Å². The summed E-state index contributed by atoms with van der Waals surface area (Å²) < 4.78 is 6.13. The molecule has 0 fully saturated rings. The number of carbonyl (C=O) groups excluding carboxylic acids is 2. The van der Waals surface area contributed by atoms with Crippen molar-refractivity contribution in [1.82, 2.24) is 0 Å². The molecule has 0 saturated heterocycles. The lowest BCUT2D eigenvalue weighted by atomic mass is 10.0. The van der Waals surface area contributed by atoms with E-state index >= 15 is 0 Å². The van der Waals surface area contributed by atoms with Gasteiger partial charge >= 0.3 is 0 Å². The molecule has 5 heteroatoms. The predicted molar refractivity (Wildman–Crippen MR) is 98.1 cm³/mol. The van der Waals surface area contributed by atoms with E-state index in [1.165, 1.54) is 11.6 Å². The highest BCUT2D eigenvalue weighted by Gasteiger charge is 2.16. The quantitative estimate of drug-likeness (QED) is 0.247. The van der Waals surface area contributed by atoms with Gasteiger partial charge < -0.3 is 26.2 Å². The lowest BCUT2D eigenvalue weighted by Gasteiger charge is -2.29. The van der Waals surface area contributed by atoms with Gasteiger partial charge in [0.25, 0.3) is 0 Å². The van der Waals surface area contributed by atoms with E-state index in [-0.39, 0.29) is 22.8 Å². The molecule has 0 saturated carbocycles. The summed E-state index contributed by atoms with van der Waals surface area (Å²) in [6.07, 6.45) is 1.34. The molecule has 0 spiro atoms. The molecular weight excluding hydrogens is 394 g/mol. The number of likely N-dealkylation sites (N-methyl/N-ethyl adjacent to an activating group) is 1. The van der Waals surface area contributed by atoms with Gasteiger partial charge in [-0.25, -0.2) is 4.79 Å². The highest BCUT2D eigenvalue weighted by Crippen LogP contribution is 2.14. The Morgan fingerprint density at radius 3 is 2.27 bits per heavy atom. The summed E-state index contributed by atoms with van der Waals surface area (Å²) in [5.74, 6) is 1.74. The van der Waals surface area contributed by atoms with Crippen LogP contribution in [-0.2, 0) is 16.1 Å². The van der Waals surface area contributed by atoms with Crippen LogP contribution < -0.4 is 17.0 Å². The maximum Gasteiger partial charge on any atom is 0.193 e. The van der Waals surface area contributed by atoms with Gasteiger partial charge in [0.15, 0.2) is 5.78 Å². The van der Waals surface area contributed by atoms with Crippen molar-refractivity contribution >= 4 is 11.7 Å². The molecule has 0 radical (unpaired) electrons. The van der Waals surface area contributed by atoms with Gasteiger partial charge in [0, 0.05) is 22.8 Å². The number of ether oxygens (including phenoxy) is 1. The zero-order valence-corrected chi connectivity index (χ0v) is 16.7. The van der Waals surface area contributed by atoms with Crippen molar-refractivity contribution in [1.29, 1.82) is 0 Å². The molecule has 0 atom stereocenters. The molecular formula is C21H24BrNO3. The molecule has 0 aliphatic carbocycles. The van der Waals surface area contributed by atoms with Crippen LogP contribution in [0.2, 0.25) is 0 Å². The first-order valence-corrected chi connectivity index (χ1v) is 8.30. The summed E-state index contributed by atoms with van der Waals surface area (Å²) in [6.45, 7) is 2.56. The fraction of sp³-hybridized carbons (Fsp3) is 0.286. The Hall–Kier alpha value is -2.04. The minimum absolute atomic E-state index is 0.